The zero-order chi connectivity index (χ0) is 9.10. The molecule has 0 aliphatic carbocycles. The largest absolute Gasteiger partial charge is 0.366 e. The smallest absolute Gasteiger partial charge is 0.146 e. The van der Waals surface area contributed by atoms with Crippen molar-refractivity contribution >= 4 is 5.69 Å². The highest BCUT2D eigenvalue weighted by Crippen LogP contribution is 2.18. The van der Waals surface area contributed by atoms with E-state index >= 15 is 0 Å². The summed E-state index contributed by atoms with van der Waals surface area (Å²) >= 11 is 0. The Balaban J connectivity index is 2.18. The summed E-state index contributed by atoms with van der Waals surface area (Å²) < 4.78 is 13.3. The Kier molecular flexibility index (Phi) is 2.45. The van der Waals surface area contributed by atoms with Crippen molar-refractivity contribution < 1.29 is 4.39 Å². The van der Waals surface area contributed by atoms with Crippen LogP contribution in [0.4, 0.5) is 10.1 Å². The van der Waals surface area contributed by atoms with Crippen LogP contribution in [0.1, 0.15) is 0 Å². The number of rotatable bonds is 1. The average molecular weight is 179 g/mol. The monoisotopic (exact) mass is 179 g/mol. The Hall–Kier alpha value is -1.09. The molecule has 1 saturated heterocycles. The van der Waals surface area contributed by atoms with Crippen molar-refractivity contribution in [3.8, 4) is 0 Å². The van der Waals surface area contributed by atoms with Crippen molar-refractivity contribution in [2.45, 2.75) is 0 Å². The van der Waals surface area contributed by atoms with E-state index < -0.39 is 0 Å². The highest BCUT2D eigenvalue weighted by Gasteiger charge is 2.13. The summed E-state index contributed by atoms with van der Waals surface area (Å²) in [7, 11) is 0. The summed E-state index contributed by atoms with van der Waals surface area (Å²) in [5.74, 6) is -0.141. The minimum atomic E-state index is -0.141. The van der Waals surface area contributed by atoms with Gasteiger partial charge in [0.15, 0.2) is 0 Å². The zero-order valence-corrected chi connectivity index (χ0v) is 7.33. The van der Waals surface area contributed by atoms with E-state index in [9.17, 15) is 4.39 Å². The van der Waals surface area contributed by atoms with Crippen molar-refractivity contribution in [3.63, 3.8) is 0 Å². The van der Waals surface area contributed by atoms with Crippen LogP contribution in [0.3, 0.4) is 0 Å². The van der Waals surface area contributed by atoms with Crippen LogP contribution in [-0.2, 0) is 0 Å². The standard InChI is InChI=1S/C10H12FN2/c11-9-3-1-2-4-10(9)13-7-5-12-6-8-13/h1-5,12H,6-8H2. The van der Waals surface area contributed by atoms with Gasteiger partial charge in [-0.05, 0) is 12.1 Å². The van der Waals surface area contributed by atoms with Gasteiger partial charge in [-0.1, -0.05) is 12.1 Å². The predicted octanol–water partition coefficient (Wildman–Crippen LogP) is 1.40. The van der Waals surface area contributed by atoms with Crippen LogP contribution in [0.25, 0.3) is 0 Å². The summed E-state index contributed by atoms with van der Waals surface area (Å²) in [4.78, 5) is 2.02. The zero-order valence-electron chi connectivity index (χ0n) is 7.33. The van der Waals surface area contributed by atoms with E-state index in [1.165, 1.54) is 6.07 Å². The second-order valence-electron chi connectivity index (χ2n) is 3.06. The van der Waals surface area contributed by atoms with Crippen LogP contribution < -0.4 is 10.2 Å². The molecule has 1 aromatic rings. The van der Waals surface area contributed by atoms with E-state index in [-0.39, 0.29) is 5.82 Å². The van der Waals surface area contributed by atoms with Gasteiger partial charge >= 0.3 is 0 Å². The SMILES string of the molecule is Fc1ccccc1N1C[CH]NCC1. The molecule has 1 aliphatic rings. The number of para-hydroxylation sites is 1. The van der Waals surface area contributed by atoms with E-state index in [1.807, 2.05) is 23.6 Å². The number of benzene rings is 1. The first kappa shape index (κ1) is 8.51. The summed E-state index contributed by atoms with van der Waals surface area (Å²) in [6, 6.07) is 6.89. The third-order valence-electron chi connectivity index (χ3n) is 2.18. The summed E-state index contributed by atoms with van der Waals surface area (Å²) in [5.41, 5.74) is 0.695. The number of piperazine rings is 1. The van der Waals surface area contributed by atoms with Gasteiger partial charge < -0.3 is 10.2 Å². The maximum atomic E-state index is 13.3. The molecular weight excluding hydrogens is 167 g/mol. The molecule has 69 valence electrons. The van der Waals surface area contributed by atoms with Crippen LogP contribution >= 0.6 is 0 Å². The molecule has 2 nitrogen and oxygen atoms in total. The first-order valence-corrected chi connectivity index (χ1v) is 4.42. The van der Waals surface area contributed by atoms with Crippen LogP contribution in [0.5, 0.6) is 0 Å². The van der Waals surface area contributed by atoms with Gasteiger partial charge in [-0.15, -0.1) is 0 Å². The fraction of sp³-hybridized carbons (Fsp3) is 0.300. The van der Waals surface area contributed by atoms with Gasteiger partial charge in [0.05, 0.1) is 5.69 Å². The van der Waals surface area contributed by atoms with Crippen LogP contribution in [0.2, 0.25) is 0 Å². The van der Waals surface area contributed by atoms with Gasteiger partial charge in [0, 0.05) is 26.2 Å². The first-order valence-electron chi connectivity index (χ1n) is 4.42. The average Bonchev–Trinajstić information content (AvgIpc) is 2.20. The highest BCUT2D eigenvalue weighted by atomic mass is 19.1. The maximum Gasteiger partial charge on any atom is 0.146 e. The van der Waals surface area contributed by atoms with Gasteiger partial charge in [-0.25, -0.2) is 4.39 Å². The minimum Gasteiger partial charge on any atom is -0.366 e. The first-order chi connectivity index (χ1) is 6.38. The van der Waals surface area contributed by atoms with Crippen LogP contribution in [0, 0.1) is 12.4 Å². The normalized spacial score (nSPS) is 17.5. The number of anilines is 1. The lowest BCUT2D eigenvalue weighted by molar-refractivity contribution is 0.599. The number of hydrogen-bond donors (Lipinski definition) is 1. The van der Waals surface area contributed by atoms with Gasteiger partial charge in [0.1, 0.15) is 5.82 Å². The van der Waals surface area contributed by atoms with Crippen molar-refractivity contribution in [3.05, 3.63) is 36.6 Å². The molecule has 1 fully saturated rings. The quantitative estimate of drug-likeness (QED) is 0.701. The molecule has 0 aromatic heterocycles. The lowest BCUT2D eigenvalue weighted by Gasteiger charge is -2.29. The molecule has 13 heavy (non-hydrogen) atoms. The molecule has 0 amide bonds. The van der Waals surface area contributed by atoms with Gasteiger partial charge in [-0.2, -0.15) is 0 Å². The molecule has 1 aliphatic heterocycles. The fourth-order valence-corrected chi connectivity index (χ4v) is 1.49. The summed E-state index contributed by atoms with van der Waals surface area (Å²) in [6.07, 6.45) is 0. The van der Waals surface area contributed by atoms with Gasteiger partial charge in [-0.3, -0.25) is 0 Å². The molecule has 1 aromatic carbocycles. The molecule has 1 N–H and O–H groups in total. The van der Waals surface area contributed by atoms with Crippen LogP contribution in [0.15, 0.2) is 24.3 Å². The van der Waals surface area contributed by atoms with Gasteiger partial charge in [0.25, 0.3) is 0 Å². The van der Waals surface area contributed by atoms with Crippen molar-refractivity contribution in [1.82, 2.24) is 5.32 Å². The van der Waals surface area contributed by atoms with Crippen molar-refractivity contribution in [2.75, 3.05) is 24.5 Å². The number of nitrogens with zero attached hydrogens (tertiary/aromatic N) is 1. The molecule has 0 unspecified atom stereocenters. The molecular formula is C10H12FN2. The molecule has 3 heteroatoms. The summed E-state index contributed by atoms with van der Waals surface area (Å²) in [5, 5.41) is 3.11. The molecule has 1 heterocycles. The van der Waals surface area contributed by atoms with Crippen molar-refractivity contribution in [2.24, 2.45) is 0 Å². The number of hydrogen-bond acceptors (Lipinski definition) is 2. The van der Waals surface area contributed by atoms with E-state index in [4.69, 9.17) is 0 Å². The van der Waals surface area contributed by atoms with Crippen molar-refractivity contribution in [1.29, 1.82) is 0 Å². The molecule has 0 bridgehead atoms. The van der Waals surface area contributed by atoms with E-state index in [1.54, 1.807) is 6.07 Å². The van der Waals surface area contributed by atoms with E-state index in [0.717, 1.165) is 19.6 Å². The third-order valence-corrected chi connectivity index (χ3v) is 2.18. The molecule has 2 rings (SSSR count). The Morgan fingerprint density at radius 2 is 2.15 bits per heavy atom. The third kappa shape index (κ3) is 1.80. The maximum absolute atomic E-state index is 13.3. The second kappa shape index (κ2) is 3.75. The molecule has 0 atom stereocenters. The predicted molar refractivity (Wildman–Crippen MR) is 50.9 cm³/mol. The summed E-state index contributed by atoms with van der Waals surface area (Å²) in [6.45, 7) is 4.46. The Morgan fingerprint density at radius 1 is 1.31 bits per heavy atom. The van der Waals surface area contributed by atoms with Gasteiger partial charge in [0.2, 0.25) is 0 Å². The fourth-order valence-electron chi connectivity index (χ4n) is 1.49. The molecule has 0 spiro atoms. The molecule has 0 saturated carbocycles. The Morgan fingerprint density at radius 3 is 2.85 bits per heavy atom. The minimum absolute atomic E-state index is 0.141. The lowest BCUT2D eigenvalue weighted by Crippen LogP contribution is -2.40. The topological polar surface area (TPSA) is 15.3 Å². The number of halogens is 1. The second-order valence-corrected chi connectivity index (χ2v) is 3.06. The number of nitrogens with one attached hydrogen (secondary N) is 1. The highest BCUT2D eigenvalue weighted by molar-refractivity contribution is 5.48. The Bertz CT molecular complexity index is 282. The Labute approximate surface area is 77.4 Å². The molecule has 1 radical (unpaired) electrons. The van der Waals surface area contributed by atoms with Crippen LogP contribution in [-0.4, -0.2) is 19.6 Å². The van der Waals surface area contributed by atoms with E-state index in [0.29, 0.717) is 5.69 Å². The lowest BCUT2D eigenvalue weighted by atomic mass is 10.2. The van der Waals surface area contributed by atoms with E-state index in [2.05, 4.69) is 5.32 Å².